The molecule has 1 aliphatic carbocycles. The van der Waals surface area contributed by atoms with E-state index >= 15 is 0 Å². The first kappa shape index (κ1) is 20.0. The Morgan fingerprint density at radius 2 is 1.94 bits per heavy atom. The molecular formula is C27H21ClN4O. The summed E-state index contributed by atoms with van der Waals surface area (Å²) in [6, 6.07) is 20.2. The molecule has 6 rings (SSSR count). The second-order valence-electron chi connectivity index (χ2n) is 8.63. The smallest absolute Gasteiger partial charge is 0.131 e. The lowest BCUT2D eigenvalue weighted by Crippen LogP contribution is -2.09. The zero-order chi connectivity index (χ0) is 22.5. The van der Waals surface area contributed by atoms with Crippen LogP contribution in [0, 0.1) is 11.3 Å². The predicted octanol–water partition coefficient (Wildman–Crippen LogP) is 6.25. The topological polar surface area (TPSA) is 63.7 Å². The van der Waals surface area contributed by atoms with Crippen molar-refractivity contribution in [1.82, 2.24) is 14.5 Å². The van der Waals surface area contributed by atoms with Crippen molar-refractivity contribution < 1.29 is 4.74 Å². The van der Waals surface area contributed by atoms with Crippen LogP contribution in [0.15, 0.2) is 60.2 Å². The van der Waals surface area contributed by atoms with Crippen LogP contribution in [-0.2, 0) is 13.2 Å². The lowest BCUT2D eigenvalue weighted by Gasteiger charge is -2.13. The molecule has 0 amide bonds. The highest BCUT2D eigenvalue weighted by Gasteiger charge is 2.30. The number of pyridine rings is 1. The molecule has 0 atom stereocenters. The summed E-state index contributed by atoms with van der Waals surface area (Å²) in [7, 11) is 0. The summed E-state index contributed by atoms with van der Waals surface area (Å²) >= 11 is 6.45. The summed E-state index contributed by atoms with van der Waals surface area (Å²) in [6.45, 7) is 2.81. The molecule has 2 aromatic heterocycles. The van der Waals surface area contributed by atoms with Crippen LogP contribution in [0.4, 0.5) is 0 Å². The largest absolute Gasteiger partial charge is 0.487 e. The van der Waals surface area contributed by atoms with E-state index in [0.717, 1.165) is 63.5 Å². The maximum atomic E-state index is 9.68. The van der Waals surface area contributed by atoms with Gasteiger partial charge < -0.3 is 9.30 Å². The first-order chi connectivity index (χ1) is 16.1. The Balaban J connectivity index is 1.46. The van der Waals surface area contributed by atoms with E-state index in [4.69, 9.17) is 26.3 Å². The summed E-state index contributed by atoms with van der Waals surface area (Å²) in [5, 5.41) is 10.4. The maximum absolute atomic E-state index is 9.68. The van der Waals surface area contributed by atoms with E-state index in [2.05, 4.69) is 22.8 Å². The van der Waals surface area contributed by atoms with Crippen LogP contribution >= 0.6 is 11.6 Å². The van der Waals surface area contributed by atoms with Crippen molar-refractivity contribution in [1.29, 1.82) is 5.26 Å². The van der Waals surface area contributed by atoms with E-state index in [0.29, 0.717) is 29.7 Å². The Kier molecular flexibility index (Phi) is 4.70. The van der Waals surface area contributed by atoms with E-state index in [-0.39, 0.29) is 0 Å². The predicted molar refractivity (Wildman–Crippen MR) is 128 cm³/mol. The number of hydrogen-bond acceptors (Lipinski definition) is 4. The van der Waals surface area contributed by atoms with E-state index in [1.54, 1.807) is 0 Å². The van der Waals surface area contributed by atoms with Crippen LogP contribution in [0.3, 0.4) is 0 Å². The van der Waals surface area contributed by atoms with Crippen molar-refractivity contribution >= 4 is 28.2 Å². The molecule has 5 nitrogen and oxygen atoms in total. The number of ether oxygens (including phenoxy) is 1. The van der Waals surface area contributed by atoms with Crippen LogP contribution in [0.25, 0.3) is 16.6 Å². The Morgan fingerprint density at radius 1 is 1.09 bits per heavy atom. The molecule has 2 aliphatic rings. The molecular weight excluding hydrogens is 432 g/mol. The van der Waals surface area contributed by atoms with Crippen LogP contribution in [-0.4, -0.2) is 14.5 Å². The van der Waals surface area contributed by atoms with Crippen molar-refractivity contribution in [2.24, 2.45) is 0 Å². The molecule has 0 spiro atoms. The molecule has 1 saturated carbocycles. The molecule has 2 aromatic carbocycles. The summed E-state index contributed by atoms with van der Waals surface area (Å²) in [5.41, 5.74) is 7.06. The van der Waals surface area contributed by atoms with Crippen LogP contribution in [0.2, 0.25) is 5.02 Å². The van der Waals surface area contributed by atoms with Gasteiger partial charge in [0, 0.05) is 28.2 Å². The summed E-state index contributed by atoms with van der Waals surface area (Å²) in [6.07, 6.45) is 2.32. The summed E-state index contributed by atoms with van der Waals surface area (Å²) < 4.78 is 8.35. The molecule has 0 radical (unpaired) electrons. The number of allylic oxidation sites excluding steroid dienone is 1. The van der Waals surface area contributed by atoms with Crippen LogP contribution < -0.4 is 4.74 Å². The zero-order valence-corrected chi connectivity index (χ0v) is 18.9. The van der Waals surface area contributed by atoms with Crippen LogP contribution in [0.1, 0.15) is 54.0 Å². The van der Waals surface area contributed by atoms with Crippen molar-refractivity contribution in [3.63, 3.8) is 0 Å². The van der Waals surface area contributed by atoms with Gasteiger partial charge in [0.1, 0.15) is 23.7 Å². The molecule has 1 aliphatic heterocycles. The SMILES string of the molecule is CC(C#N)=C1c2ccccc2OCc2nc(Cn3c(C4CC4)nc4c(Cl)cccc43)ccc21. The van der Waals surface area contributed by atoms with Gasteiger partial charge in [-0.25, -0.2) is 4.98 Å². The van der Waals surface area contributed by atoms with Gasteiger partial charge in [-0.05, 0) is 44.0 Å². The molecule has 0 unspecified atom stereocenters. The average molecular weight is 453 g/mol. The number of nitrogens with zero attached hydrogens (tertiary/aromatic N) is 4. The van der Waals surface area contributed by atoms with E-state index in [1.165, 1.54) is 0 Å². The molecule has 162 valence electrons. The summed E-state index contributed by atoms with van der Waals surface area (Å²) in [5.74, 6) is 2.34. The molecule has 4 aromatic rings. The monoisotopic (exact) mass is 452 g/mol. The molecule has 33 heavy (non-hydrogen) atoms. The number of rotatable bonds is 3. The van der Waals surface area contributed by atoms with Gasteiger partial charge in [0.15, 0.2) is 0 Å². The van der Waals surface area contributed by atoms with Gasteiger partial charge in [-0.15, -0.1) is 0 Å². The number of para-hydroxylation sites is 2. The van der Waals surface area contributed by atoms with Crippen molar-refractivity contribution in [3.05, 3.63) is 93.5 Å². The fourth-order valence-electron chi connectivity index (χ4n) is 4.63. The maximum Gasteiger partial charge on any atom is 0.131 e. The third-order valence-electron chi connectivity index (χ3n) is 6.39. The molecule has 6 heteroatoms. The Morgan fingerprint density at radius 3 is 2.76 bits per heavy atom. The van der Waals surface area contributed by atoms with Crippen molar-refractivity contribution in [3.8, 4) is 11.8 Å². The molecule has 0 N–H and O–H groups in total. The molecule has 3 heterocycles. The number of hydrogen-bond donors (Lipinski definition) is 0. The number of aromatic nitrogens is 3. The lowest BCUT2D eigenvalue weighted by atomic mass is 9.93. The standard InChI is InChI=1S/C27H21ClN4O/c1-16(13-29)25-19-12-11-18(30-22(19)15-33-24-8-3-2-5-20(24)25)14-32-23-7-4-6-21(28)26(23)31-27(32)17-9-10-17/h2-8,11-12,17H,9-10,14-15H2,1H3. The zero-order valence-electron chi connectivity index (χ0n) is 18.2. The minimum atomic E-state index is 0.356. The van der Waals surface area contributed by atoms with Crippen molar-refractivity contribution in [2.45, 2.75) is 38.8 Å². The second-order valence-corrected chi connectivity index (χ2v) is 9.04. The third-order valence-corrected chi connectivity index (χ3v) is 6.69. The molecule has 0 bridgehead atoms. The summed E-state index contributed by atoms with van der Waals surface area (Å²) in [4.78, 5) is 9.88. The quantitative estimate of drug-likeness (QED) is 0.345. The highest BCUT2D eigenvalue weighted by molar-refractivity contribution is 6.34. The first-order valence-electron chi connectivity index (χ1n) is 11.1. The van der Waals surface area contributed by atoms with Gasteiger partial charge in [0.05, 0.1) is 34.5 Å². The average Bonchev–Trinajstić information content (AvgIpc) is 3.63. The van der Waals surface area contributed by atoms with E-state index in [1.807, 2.05) is 49.4 Å². The van der Waals surface area contributed by atoms with Gasteiger partial charge in [-0.2, -0.15) is 5.26 Å². The highest BCUT2D eigenvalue weighted by atomic mass is 35.5. The number of fused-ring (bicyclic) bond motifs is 3. The lowest BCUT2D eigenvalue weighted by molar-refractivity contribution is 0.302. The molecule has 1 fully saturated rings. The number of halogens is 1. The van der Waals surface area contributed by atoms with Crippen LogP contribution in [0.5, 0.6) is 5.75 Å². The van der Waals surface area contributed by atoms with Gasteiger partial charge >= 0.3 is 0 Å². The normalized spacial score (nSPS) is 16.4. The number of imidazole rings is 1. The number of nitriles is 1. The van der Waals surface area contributed by atoms with E-state index < -0.39 is 0 Å². The van der Waals surface area contributed by atoms with Gasteiger partial charge in [-0.1, -0.05) is 41.9 Å². The minimum Gasteiger partial charge on any atom is -0.487 e. The van der Waals surface area contributed by atoms with Crippen molar-refractivity contribution in [2.75, 3.05) is 0 Å². The second kappa shape index (κ2) is 7.75. The van der Waals surface area contributed by atoms with Gasteiger partial charge in [-0.3, -0.25) is 4.98 Å². The Labute approximate surface area is 196 Å². The Hall–Kier alpha value is -3.62. The highest BCUT2D eigenvalue weighted by Crippen LogP contribution is 2.42. The number of benzene rings is 2. The Bertz CT molecular complexity index is 1490. The van der Waals surface area contributed by atoms with Gasteiger partial charge in [0.2, 0.25) is 0 Å². The third kappa shape index (κ3) is 3.39. The molecule has 0 saturated heterocycles. The fraction of sp³-hybridized carbons (Fsp3) is 0.222. The van der Waals surface area contributed by atoms with Gasteiger partial charge in [0.25, 0.3) is 0 Å². The minimum absolute atomic E-state index is 0.356. The first-order valence-corrected chi connectivity index (χ1v) is 11.5. The fourth-order valence-corrected chi connectivity index (χ4v) is 4.85. The van der Waals surface area contributed by atoms with E-state index in [9.17, 15) is 5.26 Å².